The van der Waals surface area contributed by atoms with E-state index in [2.05, 4.69) is 26.8 Å². The Bertz CT molecular complexity index is 1390. The number of hydrogen-bond acceptors (Lipinski definition) is 7. The van der Waals surface area contributed by atoms with Crippen LogP contribution in [0.25, 0.3) is 11.0 Å². The molecule has 0 unspecified atom stereocenters. The van der Waals surface area contributed by atoms with Crippen molar-refractivity contribution >= 4 is 29.0 Å². The fourth-order valence-corrected chi connectivity index (χ4v) is 5.62. The molecule has 0 aliphatic carbocycles. The number of fused-ring (bicyclic) bond motifs is 1. The topological polar surface area (TPSA) is 102 Å². The molecule has 220 valence electrons. The standard InChI is InChI=1S/C31H42N6O4/c1-21-19-22(12-15-32-21)28(38)34-29-33-25-10-8-11-26(40-24-13-17-35(5)18-14-24)27(25)37(29)23-9-6-7-16-36(20-23)30(39)41-31(2,3)4/h8,10-12,15,19,23-24H,6-7,9,13-14,16-18,20H2,1-5H3,(H,33,34,38)/t23-/m1/s1. The van der Waals surface area contributed by atoms with Crippen molar-refractivity contribution in [3.8, 4) is 5.75 Å². The Morgan fingerprint density at radius 2 is 1.83 bits per heavy atom. The van der Waals surface area contributed by atoms with Gasteiger partial charge in [0.25, 0.3) is 5.91 Å². The van der Waals surface area contributed by atoms with Crippen molar-refractivity contribution < 1.29 is 19.1 Å². The second-order valence-corrected chi connectivity index (χ2v) is 12.3. The molecule has 1 aromatic carbocycles. The first-order valence-corrected chi connectivity index (χ1v) is 14.7. The van der Waals surface area contributed by atoms with Crippen LogP contribution in [0.15, 0.2) is 36.5 Å². The van der Waals surface area contributed by atoms with Crippen LogP contribution in [-0.2, 0) is 4.74 Å². The molecule has 1 N–H and O–H groups in total. The Labute approximate surface area is 242 Å². The molecule has 2 fully saturated rings. The van der Waals surface area contributed by atoms with Crippen molar-refractivity contribution in [2.24, 2.45) is 0 Å². The van der Waals surface area contributed by atoms with Crippen molar-refractivity contribution in [1.29, 1.82) is 0 Å². The monoisotopic (exact) mass is 562 g/mol. The quantitative estimate of drug-likeness (QED) is 0.443. The van der Waals surface area contributed by atoms with Gasteiger partial charge in [0.1, 0.15) is 23.0 Å². The molecule has 0 spiro atoms. The molecular weight excluding hydrogens is 520 g/mol. The van der Waals surface area contributed by atoms with Crippen LogP contribution >= 0.6 is 0 Å². The van der Waals surface area contributed by atoms with Crippen LogP contribution < -0.4 is 10.1 Å². The van der Waals surface area contributed by atoms with Crippen molar-refractivity contribution in [2.75, 3.05) is 38.5 Å². The number of hydrogen-bond donors (Lipinski definition) is 1. The number of ether oxygens (including phenoxy) is 2. The number of amides is 2. The highest BCUT2D eigenvalue weighted by atomic mass is 16.6. The average molecular weight is 563 g/mol. The van der Waals surface area contributed by atoms with Crippen LogP contribution in [0, 0.1) is 6.92 Å². The Kier molecular flexibility index (Phi) is 8.49. The molecule has 2 aromatic heterocycles. The molecule has 0 bridgehead atoms. The highest BCUT2D eigenvalue weighted by Crippen LogP contribution is 2.36. The van der Waals surface area contributed by atoms with E-state index in [4.69, 9.17) is 14.5 Å². The predicted molar refractivity (Wildman–Crippen MR) is 159 cm³/mol. The second kappa shape index (κ2) is 12.1. The Morgan fingerprint density at radius 3 is 2.56 bits per heavy atom. The molecular formula is C31H42N6O4. The molecule has 3 aromatic rings. The molecule has 2 aliphatic rings. The van der Waals surface area contributed by atoms with Gasteiger partial charge in [-0.1, -0.05) is 6.07 Å². The lowest BCUT2D eigenvalue weighted by molar-refractivity contribution is 0.0238. The zero-order valence-corrected chi connectivity index (χ0v) is 24.9. The van der Waals surface area contributed by atoms with Crippen LogP contribution in [0.4, 0.5) is 10.7 Å². The third-order valence-corrected chi connectivity index (χ3v) is 7.68. The number of aryl methyl sites for hydroxylation is 1. The number of aromatic nitrogens is 3. The summed E-state index contributed by atoms with van der Waals surface area (Å²) >= 11 is 0. The average Bonchev–Trinajstić information content (AvgIpc) is 3.10. The largest absolute Gasteiger partial charge is 0.488 e. The summed E-state index contributed by atoms with van der Waals surface area (Å²) in [4.78, 5) is 39.8. The molecule has 10 nitrogen and oxygen atoms in total. The molecule has 2 amide bonds. The zero-order chi connectivity index (χ0) is 29.1. The third kappa shape index (κ3) is 6.98. The van der Waals surface area contributed by atoms with E-state index in [1.165, 1.54) is 0 Å². The number of rotatable bonds is 5. The van der Waals surface area contributed by atoms with E-state index in [1.807, 2.05) is 45.9 Å². The molecule has 0 radical (unpaired) electrons. The number of anilines is 1. The van der Waals surface area contributed by atoms with Crippen LogP contribution in [0.3, 0.4) is 0 Å². The number of carbonyl (C=O) groups is 2. The number of piperidine rings is 1. The van der Waals surface area contributed by atoms with E-state index in [0.29, 0.717) is 24.6 Å². The van der Waals surface area contributed by atoms with Gasteiger partial charge in [0.2, 0.25) is 5.95 Å². The number of imidazole rings is 1. The maximum absolute atomic E-state index is 13.4. The van der Waals surface area contributed by atoms with Crippen molar-refractivity contribution in [3.05, 3.63) is 47.8 Å². The summed E-state index contributed by atoms with van der Waals surface area (Å²) < 4.78 is 14.4. The smallest absolute Gasteiger partial charge is 0.410 e. The number of para-hydroxylation sites is 1. The van der Waals surface area contributed by atoms with E-state index in [1.54, 1.807) is 23.2 Å². The first kappa shape index (κ1) is 28.9. The highest BCUT2D eigenvalue weighted by molar-refractivity contribution is 6.04. The van der Waals surface area contributed by atoms with Gasteiger partial charge in [-0.15, -0.1) is 0 Å². The van der Waals surface area contributed by atoms with Crippen LogP contribution in [-0.4, -0.2) is 81.3 Å². The minimum absolute atomic E-state index is 0.102. The van der Waals surface area contributed by atoms with Crippen molar-refractivity contribution in [3.63, 3.8) is 0 Å². The summed E-state index contributed by atoms with van der Waals surface area (Å²) in [5.41, 5.74) is 2.26. The van der Waals surface area contributed by atoms with Crippen LogP contribution in [0.1, 0.15) is 75.0 Å². The van der Waals surface area contributed by atoms with E-state index >= 15 is 0 Å². The van der Waals surface area contributed by atoms with Crippen LogP contribution in [0.5, 0.6) is 5.75 Å². The maximum Gasteiger partial charge on any atom is 0.410 e. The lowest BCUT2D eigenvalue weighted by atomic mass is 10.1. The molecule has 41 heavy (non-hydrogen) atoms. The summed E-state index contributed by atoms with van der Waals surface area (Å²) in [5.74, 6) is 0.926. The normalized spacial score (nSPS) is 19.1. The lowest BCUT2D eigenvalue weighted by Crippen LogP contribution is -2.39. The summed E-state index contributed by atoms with van der Waals surface area (Å²) in [7, 11) is 2.13. The Morgan fingerprint density at radius 1 is 1.05 bits per heavy atom. The third-order valence-electron chi connectivity index (χ3n) is 7.68. The minimum atomic E-state index is -0.586. The Hall–Kier alpha value is -3.66. The van der Waals surface area contributed by atoms with Crippen molar-refractivity contribution in [2.45, 2.75) is 77.5 Å². The Balaban J connectivity index is 1.54. The fourth-order valence-electron chi connectivity index (χ4n) is 5.62. The van der Waals surface area contributed by atoms with E-state index in [-0.39, 0.29) is 24.1 Å². The first-order chi connectivity index (χ1) is 19.6. The molecule has 0 saturated carbocycles. The molecule has 10 heteroatoms. The SMILES string of the molecule is Cc1cc(C(=O)Nc2nc3cccc(OC4CCN(C)CC4)c3n2[C@@H]2CCCCN(C(=O)OC(C)(C)C)C2)ccn1. The van der Waals surface area contributed by atoms with Crippen LogP contribution in [0.2, 0.25) is 0 Å². The summed E-state index contributed by atoms with van der Waals surface area (Å²) in [6, 6.07) is 9.20. The summed E-state index contributed by atoms with van der Waals surface area (Å²) in [5, 5.41) is 3.07. The van der Waals surface area contributed by atoms with Crippen molar-refractivity contribution in [1.82, 2.24) is 24.3 Å². The van der Waals surface area contributed by atoms with Gasteiger partial charge >= 0.3 is 6.09 Å². The van der Waals surface area contributed by atoms with Gasteiger partial charge < -0.3 is 23.8 Å². The fraction of sp³-hybridized carbons (Fsp3) is 0.548. The number of nitrogens with one attached hydrogen (secondary N) is 1. The first-order valence-electron chi connectivity index (χ1n) is 14.7. The second-order valence-electron chi connectivity index (χ2n) is 12.3. The lowest BCUT2D eigenvalue weighted by Gasteiger charge is -2.31. The molecule has 4 heterocycles. The molecule has 5 rings (SSSR count). The maximum atomic E-state index is 13.4. The van der Waals surface area contributed by atoms with E-state index in [9.17, 15) is 9.59 Å². The summed E-state index contributed by atoms with van der Waals surface area (Å²) in [6.45, 7) is 10.5. The number of carbonyl (C=O) groups excluding carboxylic acids is 2. The van der Waals surface area contributed by atoms with E-state index < -0.39 is 5.60 Å². The van der Waals surface area contributed by atoms with Gasteiger partial charge in [0.15, 0.2) is 0 Å². The van der Waals surface area contributed by atoms with E-state index in [0.717, 1.165) is 67.7 Å². The van der Waals surface area contributed by atoms with Gasteiger partial charge in [-0.25, -0.2) is 9.78 Å². The highest BCUT2D eigenvalue weighted by Gasteiger charge is 2.31. The molecule has 1 atom stereocenters. The van der Waals surface area contributed by atoms with Gasteiger partial charge in [0, 0.05) is 43.6 Å². The van der Waals surface area contributed by atoms with Gasteiger partial charge in [-0.05, 0) is 91.1 Å². The number of pyridine rings is 1. The van der Waals surface area contributed by atoms with Gasteiger partial charge in [0.05, 0.1) is 11.6 Å². The predicted octanol–water partition coefficient (Wildman–Crippen LogP) is 5.43. The van der Waals surface area contributed by atoms with Gasteiger partial charge in [-0.2, -0.15) is 0 Å². The molecule has 2 aliphatic heterocycles. The van der Waals surface area contributed by atoms with Gasteiger partial charge in [-0.3, -0.25) is 15.1 Å². The minimum Gasteiger partial charge on any atom is -0.488 e. The zero-order valence-electron chi connectivity index (χ0n) is 24.9. The number of likely N-dealkylation sites (tertiary alicyclic amines) is 2. The number of nitrogens with zero attached hydrogens (tertiary/aromatic N) is 5. The molecule has 2 saturated heterocycles. The number of benzene rings is 1. The summed E-state index contributed by atoms with van der Waals surface area (Å²) in [6.07, 6.45) is 5.93.